The molecule has 6 unspecified atom stereocenters. The van der Waals surface area contributed by atoms with E-state index < -0.39 is 52.6 Å². The summed E-state index contributed by atoms with van der Waals surface area (Å²) >= 11 is 12.5. The minimum Gasteiger partial charge on any atom is -0.507 e. The second-order valence-electron chi connectivity index (χ2n) is 13.9. The average Bonchev–Trinajstić information content (AvgIpc) is 3.49. The van der Waals surface area contributed by atoms with Gasteiger partial charge >= 0.3 is 0 Å². The number of nitrogens with zero attached hydrogens (tertiary/aromatic N) is 2. The molecule has 0 radical (unpaired) electrons. The molecule has 0 bridgehead atoms. The summed E-state index contributed by atoms with van der Waals surface area (Å²) in [5, 5.41) is 12.8. The zero-order chi connectivity index (χ0) is 35.9. The molecule has 0 spiro atoms. The van der Waals surface area contributed by atoms with Crippen LogP contribution in [0.5, 0.6) is 5.75 Å². The number of phenolic OH excluding ortho intramolecular Hbond substituents is 1. The van der Waals surface area contributed by atoms with Crippen molar-refractivity contribution in [2.45, 2.75) is 38.0 Å². The molecule has 8 nitrogen and oxygen atoms in total. The van der Waals surface area contributed by atoms with Gasteiger partial charge in [-0.15, -0.1) is 0 Å². The van der Waals surface area contributed by atoms with Gasteiger partial charge in [0.1, 0.15) is 11.6 Å². The Morgan fingerprint density at radius 3 is 2.04 bits per heavy atom. The molecule has 2 aliphatic heterocycles. The molecule has 0 aromatic heterocycles. The van der Waals surface area contributed by atoms with Gasteiger partial charge in [-0.1, -0.05) is 59.1 Å². The highest BCUT2D eigenvalue weighted by Gasteiger charge is 2.70. The Kier molecular flexibility index (Phi) is 7.85. The molecule has 2 N–H and O–H groups in total. The van der Waals surface area contributed by atoms with Gasteiger partial charge in [0.25, 0.3) is 11.8 Å². The third kappa shape index (κ3) is 4.93. The summed E-state index contributed by atoms with van der Waals surface area (Å²) in [7, 11) is 0. The molecule has 4 aliphatic rings. The minimum absolute atomic E-state index is 0.113. The van der Waals surface area contributed by atoms with Gasteiger partial charge in [-0.3, -0.25) is 29.5 Å². The Bertz CT molecular complexity index is 2150. The number of hydrogen-bond donors (Lipinski definition) is 2. The summed E-state index contributed by atoms with van der Waals surface area (Å²) in [6.45, 7) is 3.55. The maximum absolute atomic E-state index is 15.3. The predicted molar refractivity (Wildman–Crippen MR) is 191 cm³/mol. The van der Waals surface area contributed by atoms with E-state index in [1.807, 2.05) is 18.2 Å². The predicted octanol–water partition coefficient (Wildman–Crippen LogP) is 7.64. The second-order valence-corrected chi connectivity index (χ2v) is 14.7. The number of hydrazine groups is 1. The molecule has 51 heavy (non-hydrogen) atoms. The number of amides is 4. The molecule has 4 aromatic rings. The van der Waals surface area contributed by atoms with E-state index in [1.54, 1.807) is 62.4 Å². The van der Waals surface area contributed by atoms with Crippen LogP contribution in [0.1, 0.15) is 41.0 Å². The van der Waals surface area contributed by atoms with E-state index >= 15 is 4.79 Å². The van der Waals surface area contributed by atoms with Crippen LogP contribution in [0.3, 0.4) is 0 Å². The normalized spacial score (nSPS) is 26.9. The van der Waals surface area contributed by atoms with Crippen LogP contribution in [0.2, 0.25) is 10.0 Å². The van der Waals surface area contributed by atoms with Crippen LogP contribution >= 0.6 is 23.2 Å². The van der Waals surface area contributed by atoms with Crippen LogP contribution in [-0.2, 0) is 24.6 Å². The number of halogens is 3. The van der Waals surface area contributed by atoms with Crippen molar-refractivity contribution < 1.29 is 28.7 Å². The Morgan fingerprint density at radius 1 is 0.804 bits per heavy atom. The third-order valence-electron chi connectivity index (χ3n) is 11.2. The fourth-order valence-electron chi connectivity index (χ4n) is 9.03. The lowest BCUT2D eigenvalue weighted by Crippen LogP contribution is -2.53. The van der Waals surface area contributed by atoms with Crippen molar-refractivity contribution in [2.75, 3.05) is 10.3 Å². The average molecular weight is 725 g/mol. The lowest BCUT2D eigenvalue weighted by atomic mass is 9.49. The van der Waals surface area contributed by atoms with Crippen molar-refractivity contribution >= 4 is 58.2 Å². The van der Waals surface area contributed by atoms with E-state index in [1.165, 1.54) is 29.2 Å². The Hall–Kier alpha value is -4.99. The van der Waals surface area contributed by atoms with Crippen LogP contribution < -0.4 is 10.3 Å². The number of aromatic hydroxyl groups is 1. The Balaban J connectivity index is 1.34. The number of carbonyl (C=O) groups is 4. The first-order chi connectivity index (χ1) is 24.4. The lowest BCUT2D eigenvalue weighted by Gasteiger charge is -2.50. The highest BCUT2D eigenvalue weighted by atomic mass is 35.5. The number of imide groups is 2. The SMILES string of the molecule is Cc1cc(C2C3=CCC4C(=O)N(c5ccc(Cl)cc5)C(=O)C4C3CC3C(=O)N(Nc4ccc(F)cc4)C(=O)C32c2ccc(Cl)cc2)cc(C)c1O. The Morgan fingerprint density at radius 2 is 1.41 bits per heavy atom. The van der Waals surface area contributed by atoms with Crippen LogP contribution in [0.4, 0.5) is 15.8 Å². The van der Waals surface area contributed by atoms with Crippen LogP contribution in [0.25, 0.3) is 0 Å². The fraction of sp³-hybridized carbons (Fsp3) is 0.250. The van der Waals surface area contributed by atoms with Crippen molar-refractivity contribution in [3.8, 4) is 5.75 Å². The van der Waals surface area contributed by atoms with E-state index in [2.05, 4.69) is 5.43 Å². The zero-order valence-electron chi connectivity index (χ0n) is 27.6. The summed E-state index contributed by atoms with van der Waals surface area (Å²) < 4.78 is 13.9. The third-order valence-corrected chi connectivity index (χ3v) is 11.7. The number of fused-ring (bicyclic) bond motifs is 4. The van der Waals surface area contributed by atoms with Gasteiger partial charge in [-0.2, -0.15) is 5.01 Å². The highest BCUT2D eigenvalue weighted by Crippen LogP contribution is 2.64. The minimum atomic E-state index is -1.51. The van der Waals surface area contributed by atoms with Crippen LogP contribution in [0, 0.1) is 43.3 Å². The van der Waals surface area contributed by atoms with Gasteiger partial charge in [0.15, 0.2) is 0 Å². The number of anilines is 2. The second kappa shape index (κ2) is 12.1. The highest BCUT2D eigenvalue weighted by molar-refractivity contribution is 6.31. The number of rotatable bonds is 5. The van der Waals surface area contributed by atoms with E-state index in [0.717, 1.165) is 10.6 Å². The maximum atomic E-state index is 15.3. The van der Waals surface area contributed by atoms with Gasteiger partial charge < -0.3 is 5.11 Å². The molecule has 11 heteroatoms. The number of aryl methyl sites for hydroxylation is 2. The monoisotopic (exact) mass is 723 g/mol. The topological polar surface area (TPSA) is 107 Å². The number of allylic oxidation sites excluding steroid dienone is 2. The summed E-state index contributed by atoms with van der Waals surface area (Å²) in [5.41, 5.74) is 5.40. The molecular weight excluding hydrogens is 692 g/mol. The van der Waals surface area contributed by atoms with Gasteiger partial charge in [-0.25, -0.2) is 4.39 Å². The first-order valence-corrected chi connectivity index (χ1v) is 17.5. The van der Waals surface area contributed by atoms with Crippen molar-refractivity contribution in [3.63, 3.8) is 0 Å². The number of phenols is 1. The molecule has 2 heterocycles. The summed E-state index contributed by atoms with van der Waals surface area (Å²) in [5.74, 6) is -5.82. The van der Waals surface area contributed by atoms with Crippen LogP contribution in [0.15, 0.2) is 96.6 Å². The standard InChI is InChI=1S/C40H32Cl2FN3O5/c1-20-17-22(18-21(2)35(20)47)34-29-15-16-30-33(38(50)45(36(30)48)28-13-7-25(42)8-14-28)31(29)19-32-37(49)46(44-27-11-9-26(43)10-12-27)39(51)40(32,34)23-3-5-24(41)6-4-23/h3-15,17-18,30-34,44,47H,16,19H2,1-2H3. The van der Waals surface area contributed by atoms with Crippen molar-refractivity contribution in [3.05, 3.63) is 135 Å². The molecule has 1 saturated carbocycles. The first-order valence-electron chi connectivity index (χ1n) is 16.7. The van der Waals surface area contributed by atoms with Crippen molar-refractivity contribution in [1.82, 2.24) is 5.01 Å². The fourth-order valence-corrected chi connectivity index (χ4v) is 9.28. The molecule has 6 atom stereocenters. The lowest BCUT2D eigenvalue weighted by molar-refractivity contribution is -0.138. The van der Waals surface area contributed by atoms with E-state index in [0.29, 0.717) is 43.7 Å². The number of hydrogen-bond acceptors (Lipinski definition) is 6. The maximum Gasteiger partial charge on any atom is 0.260 e. The van der Waals surface area contributed by atoms with E-state index in [4.69, 9.17) is 23.2 Å². The van der Waals surface area contributed by atoms with Gasteiger partial charge in [0, 0.05) is 16.0 Å². The first kappa shape index (κ1) is 33.2. The van der Waals surface area contributed by atoms with E-state index in [9.17, 15) is 23.9 Å². The largest absolute Gasteiger partial charge is 0.507 e. The van der Waals surface area contributed by atoms with Crippen molar-refractivity contribution in [1.29, 1.82) is 0 Å². The molecule has 258 valence electrons. The molecule has 4 aromatic carbocycles. The molecule has 2 aliphatic carbocycles. The molecule has 8 rings (SSSR count). The smallest absolute Gasteiger partial charge is 0.260 e. The van der Waals surface area contributed by atoms with Crippen LogP contribution in [-0.4, -0.2) is 33.7 Å². The summed E-state index contributed by atoms with van der Waals surface area (Å²) in [6, 6.07) is 22.4. The molecule has 4 amide bonds. The molecular formula is C40H32Cl2FN3O5. The number of carbonyl (C=O) groups excluding carboxylic acids is 4. The molecule has 3 fully saturated rings. The molecule has 2 saturated heterocycles. The quantitative estimate of drug-likeness (QED) is 0.162. The van der Waals surface area contributed by atoms with Gasteiger partial charge in [0.05, 0.1) is 34.5 Å². The van der Waals surface area contributed by atoms with Gasteiger partial charge in [-0.05, 0) is 116 Å². The van der Waals surface area contributed by atoms with Crippen molar-refractivity contribution in [2.24, 2.45) is 23.7 Å². The number of nitrogens with one attached hydrogen (secondary N) is 1. The summed E-state index contributed by atoms with van der Waals surface area (Å²) in [6.07, 6.45) is 2.35. The van der Waals surface area contributed by atoms with Gasteiger partial charge in [0.2, 0.25) is 11.8 Å². The Labute approximate surface area is 303 Å². The zero-order valence-corrected chi connectivity index (χ0v) is 29.1. The number of benzene rings is 4. The summed E-state index contributed by atoms with van der Waals surface area (Å²) in [4.78, 5) is 59.6. The van der Waals surface area contributed by atoms with E-state index in [-0.39, 0.29) is 30.4 Å².